The Labute approximate surface area is 587 Å². The van der Waals surface area contributed by atoms with Crippen molar-refractivity contribution in [2.24, 2.45) is 0 Å². The molecule has 8 aromatic carbocycles. The number of carbonyl (C=O) groups is 2. The van der Waals surface area contributed by atoms with Gasteiger partial charge in [-0.2, -0.15) is 13.2 Å². The van der Waals surface area contributed by atoms with Gasteiger partial charge >= 0.3 is 18.2 Å². The molecule has 0 spiro atoms. The predicted octanol–water partition coefficient (Wildman–Crippen LogP) is 17.1. The van der Waals surface area contributed by atoms with Gasteiger partial charge in [0.2, 0.25) is 17.2 Å². The van der Waals surface area contributed by atoms with Gasteiger partial charge in [0.1, 0.15) is 34.3 Å². The van der Waals surface area contributed by atoms with Crippen LogP contribution in [0.15, 0.2) is 170 Å². The average molecular weight is 1390 g/mol. The summed E-state index contributed by atoms with van der Waals surface area (Å²) in [5.41, 5.74) is 15.2. The summed E-state index contributed by atoms with van der Waals surface area (Å²) in [6.07, 6.45) is 6.11. The fraction of sp³-hybridized carbons (Fsp3) is 0.282. The van der Waals surface area contributed by atoms with Crippen molar-refractivity contribution in [1.82, 2.24) is 40.1 Å². The molecule has 520 valence electrons. The lowest BCUT2D eigenvalue weighted by molar-refractivity contribution is -0.192. The second-order valence-electron chi connectivity index (χ2n) is 25.4. The van der Waals surface area contributed by atoms with Gasteiger partial charge < -0.3 is 54.4 Å². The number of methoxy groups -OCH3 is 3. The number of nitrogens with zero attached hydrogens (tertiary/aromatic N) is 7. The SMILES string of the molecule is COc1ccccc1-c1cccc2cnc(Cl)nc12.COc1ccccc1-c1cccc2cnc(Nc3ccc(C4CCN(C(=O)OC(C)(C)C)CC4)c4c3OCC4)nc12.COc1ccccc1-c1cccc2cnc(Nc3ccc(C4CCNCC4)c4c3OCC4)nc12.O=C(O)C(F)(F)F. The van der Waals surface area contributed by atoms with Crippen molar-refractivity contribution in [2.45, 2.75) is 82.9 Å². The Hall–Kier alpha value is -10.8. The van der Waals surface area contributed by atoms with Crippen LogP contribution >= 0.6 is 11.6 Å². The number of nitrogens with one attached hydrogen (secondary N) is 3. The zero-order chi connectivity index (χ0) is 70.8. The summed E-state index contributed by atoms with van der Waals surface area (Å²) < 4.78 is 66.2. The molecular weight excluding hydrogens is 1310 g/mol. The summed E-state index contributed by atoms with van der Waals surface area (Å²) in [6, 6.07) is 50.7. The minimum absolute atomic E-state index is 0.228. The lowest BCUT2D eigenvalue weighted by Gasteiger charge is -2.34. The van der Waals surface area contributed by atoms with Crippen molar-refractivity contribution in [1.29, 1.82) is 0 Å². The molecule has 0 saturated carbocycles. The number of anilines is 4. The van der Waals surface area contributed by atoms with Crippen LogP contribution in [0.5, 0.6) is 28.7 Å². The molecule has 4 aliphatic heterocycles. The van der Waals surface area contributed by atoms with Crippen molar-refractivity contribution in [3.05, 3.63) is 198 Å². The molecular formula is C78H76ClF3N10O9. The Morgan fingerprint density at radius 2 is 0.921 bits per heavy atom. The highest BCUT2D eigenvalue weighted by Crippen LogP contribution is 2.45. The summed E-state index contributed by atoms with van der Waals surface area (Å²) in [7, 11) is 5.03. The number of rotatable bonds is 12. The minimum atomic E-state index is -5.08. The number of para-hydroxylation sites is 6. The van der Waals surface area contributed by atoms with Crippen LogP contribution < -0.4 is 39.6 Å². The largest absolute Gasteiger partial charge is 0.496 e. The lowest BCUT2D eigenvalue weighted by Crippen LogP contribution is -2.41. The fourth-order valence-electron chi connectivity index (χ4n) is 13.2. The highest BCUT2D eigenvalue weighted by Gasteiger charge is 2.38. The van der Waals surface area contributed by atoms with E-state index in [1.165, 1.54) is 35.1 Å². The molecule has 4 N–H and O–H groups in total. The summed E-state index contributed by atoms with van der Waals surface area (Å²) in [5, 5.41) is 20.6. The first-order valence-corrected chi connectivity index (χ1v) is 33.7. The number of carboxylic acid groups (broad SMARTS) is 1. The number of hydrogen-bond acceptors (Lipinski definition) is 17. The Morgan fingerprint density at radius 3 is 1.33 bits per heavy atom. The maximum absolute atomic E-state index is 12.5. The van der Waals surface area contributed by atoms with Gasteiger partial charge in [0.15, 0.2) is 0 Å². The molecule has 3 aromatic heterocycles. The molecule has 11 aromatic rings. The van der Waals surface area contributed by atoms with Crippen LogP contribution in [0.1, 0.15) is 80.5 Å². The van der Waals surface area contributed by atoms with E-state index in [1.807, 2.05) is 147 Å². The molecule has 0 bridgehead atoms. The van der Waals surface area contributed by atoms with Gasteiger partial charge in [-0.15, -0.1) is 0 Å². The second-order valence-corrected chi connectivity index (χ2v) is 25.7. The number of likely N-dealkylation sites (tertiary alicyclic amines) is 1. The van der Waals surface area contributed by atoms with Crippen molar-refractivity contribution >= 4 is 79.6 Å². The highest BCUT2D eigenvalue weighted by molar-refractivity contribution is 6.28. The first-order valence-electron chi connectivity index (χ1n) is 33.3. The molecule has 0 unspecified atom stereocenters. The number of halogens is 4. The average Bonchev–Trinajstić information content (AvgIpc) is 1.51. The van der Waals surface area contributed by atoms with Gasteiger partial charge in [0.05, 0.1) is 62.5 Å². The zero-order valence-electron chi connectivity index (χ0n) is 56.7. The van der Waals surface area contributed by atoms with Gasteiger partial charge in [-0.3, -0.25) is 0 Å². The molecule has 23 heteroatoms. The van der Waals surface area contributed by atoms with Crippen molar-refractivity contribution < 1.29 is 56.3 Å². The van der Waals surface area contributed by atoms with Crippen LogP contribution in [-0.2, 0) is 22.4 Å². The van der Waals surface area contributed by atoms with Crippen LogP contribution in [0.4, 0.5) is 41.2 Å². The molecule has 0 radical (unpaired) electrons. The quantitative estimate of drug-likeness (QED) is 0.0834. The maximum atomic E-state index is 12.5. The smallest absolute Gasteiger partial charge is 0.490 e. The Morgan fingerprint density at radius 1 is 0.535 bits per heavy atom. The van der Waals surface area contributed by atoms with Crippen LogP contribution in [0.25, 0.3) is 66.1 Å². The third-order valence-corrected chi connectivity index (χ3v) is 18.1. The summed E-state index contributed by atoms with van der Waals surface area (Å²) in [4.78, 5) is 50.6. The van der Waals surface area contributed by atoms with Gasteiger partial charge in [-0.05, 0) is 124 Å². The van der Waals surface area contributed by atoms with Crippen LogP contribution in [-0.4, -0.2) is 124 Å². The molecule has 4 aliphatic rings. The molecule has 7 heterocycles. The number of ether oxygens (including phenoxy) is 6. The number of aromatic nitrogens is 6. The number of fused-ring (bicyclic) bond motifs is 5. The zero-order valence-corrected chi connectivity index (χ0v) is 57.4. The Kier molecular flexibility index (Phi) is 21.6. The molecule has 101 heavy (non-hydrogen) atoms. The van der Waals surface area contributed by atoms with Crippen LogP contribution in [0.2, 0.25) is 5.28 Å². The third-order valence-electron chi connectivity index (χ3n) is 17.9. The number of carbonyl (C=O) groups excluding carboxylic acids is 1. The van der Waals surface area contributed by atoms with E-state index in [0.29, 0.717) is 43.4 Å². The van der Waals surface area contributed by atoms with Crippen molar-refractivity contribution in [3.8, 4) is 62.1 Å². The van der Waals surface area contributed by atoms with E-state index in [2.05, 4.69) is 78.4 Å². The van der Waals surface area contributed by atoms with Crippen molar-refractivity contribution in [2.75, 3.05) is 71.4 Å². The van der Waals surface area contributed by atoms with E-state index < -0.39 is 17.7 Å². The summed E-state index contributed by atoms with van der Waals surface area (Å²) in [5.74, 6) is 3.55. The molecule has 2 fully saturated rings. The van der Waals surface area contributed by atoms with E-state index in [0.717, 1.165) is 152 Å². The summed E-state index contributed by atoms with van der Waals surface area (Å²) >= 11 is 5.90. The number of hydrogen-bond donors (Lipinski definition) is 4. The molecule has 0 atom stereocenters. The number of aliphatic carboxylic acids is 1. The van der Waals surface area contributed by atoms with E-state index in [1.54, 1.807) is 27.5 Å². The topological polar surface area (TPSA) is 226 Å². The molecule has 2 saturated heterocycles. The van der Waals surface area contributed by atoms with E-state index >= 15 is 0 Å². The van der Waals surface area contributed by atoms with Crippen LogP contribution in [0.3, 0.4) is 0 Å². The van der Waals surface area contributed by atoms with E-state index in [9.17, 15) is 18.0 Å². The number of amides is 1. The Bertz CT molecular complexity index is 4810. The predicted molar refractivity (Wildman–Crippen MR) is 386 cm³/mol. The number of alkyl halides is 3. The third kappa shape index (κ3) is 16.3. The van der Waals surface area contributed by atoms with Gasteiger partial charge in [0, 0.05) is 105 Å². The molecule has 15 rings (SSSR count). The monoisotopic (exact) mass is 1390 g/mol. The molecule has 19 nitrogen and oxygen atoms in total. The van der Waals surface area contributed by atoms with Gasteiger partial charge in [-0.1, -0.05) is 121 Å². The minimum Gasteiger partial charge on any atom is -0.496 e. The van der Waals surface area contributed by atoms with E-state index in [-0.39, 0.29) is 11.4 Å². The second kappa shape index (κ2) is 31.1. The maximum Gasteiger partial charge on any atom is 0.490 e. The van der Waals surface area contributed by atoms with Crippen LogP contribution in [0, 0.1) is 0 Å². The summed E-state index contributed by atoms with van der Waals surface area (Å²) in [6.45, 7) is 10.6. The molecule has 1 amide bonds. The number of benzene rings is 8. The lowest BCUT2D eigenvalue weighted by atomic mass is 9.85. The fourth-order valence-corrected chi connectivity index (χ4v) is 13.3. The first kappa shape index (κ1) is 70.0. The number of carboxylic acids is 1. The van der Waals surface area contributed by atoms with E-state index in [4.69, 9.17) is 59.9 Å². The normalized spacial score (nSPS) is 14.3. The van der Waals surface area contributed by atoms with Gasteiger partial charge in [0.25, 0.3) is 0 Å². The van der Waals surface area contributed by atoms with Gasteiger partial charge in [-0.25, -0.2) is 39.5 Å². The van der Waals surface area contributed by atoms with Crippen molar-refractivity contribution in [3.63, 3.8) is 0 Å². The molecule has 0 aliphatic carbocycles. The number of piperidine rings is 2. The first-order chi connectivity index (χ1) is 48.9. The highest BCUT2D eigenvalue weighted by atomic mass is 35.5. The standard InChI is InChI=1S/C33H36N4O4.C28H28N4O2.C15H11ClN2O.C2HF3O2/c1-33(2,3)41-32(38)37-17-14-21(15-18-37)23-12-13-27(30-26(23)16-19-40-30)35-31-34-20-22-8-7-10-25(29(22)36-31)24-9-5-6-11-28(24)39-4;1-33-25-8-3-2-6-21(25)22-7-4-5-19-17-30-28(32-26(19)22)31-24-10-9-20(18-11-14-29-15-12-18)23-13-16-34-27(23)24;1-19-13-8-3-2-6-11(13)12-7-4-5-10-9-17-15(16)18-14(10)12;3-2(4,5)1(6)7/h5-13,20-21H,14-19H2,1-4H3,(H,34,35,36);2-10,17-18,29H,11-16H2,1H3,(H,30,31,32);2-9H,1H3;(H,6,7). The Balaban J connectivity index is 0.000000144.